The molecular weight excluding hydrogens is 221 g/mol. The molecule has 0 aliphatic rings. The maximum absolute atomic E-state index is 13.5. The monoisotopic (exact) mass is 233 g/mol. The van der Waals surface area contributed by atoms with Gasteiger partial charge in [-0.15, -0.1) is 0 Å². The maximum atomic E-state index is 13.5. The molecule has 0 bridgehead atoms. The van der Waals surface area contributed by atoms with Crippen LogP contribution in [0, 0.1) is 17.1 Å². The molecule has 0 aromatic heterocycles. The standard InChI is InChI=1S/C12H12FN3O/c1-17-12-6-9(8-16-4-2-3-14)5-11(13)10(12)7-15/h2-6H,8,14H2,1H3/b3-2-,16-4?. The van der Waals surface area contributed by atoms with Crippen molar-refractivity contribution in [2.45, 2.75) is 6.54 Å². The number of nitriles is 1. The second-order valence-electron chi connectivity index (χ2n) is 3.14. The van der Waals surface area contributed by atoms with Crippen LogP contribution in [0.25, 0.3) is 0 Å². The lowest BCUT2D eigenvalue weighted by atomic mass is 10.1. The number of benzene rings is 1. The number of rotatable bonds is 4. The van der Waals surface area contributed by atoms with Gasteiger partial charge in [-0.3, -0.25) is 4.99 Å². The van der Waals surface area contributed by atoms with Gasteiger partial charge in [0.15, 0.2) is 0 Å². The van der Waals surface area contributed by atoms with Gasteiger partial charge in [-0.1, -0.05) is 0 Å². The van der Waals surface area contributed by atoms with E-state index in [0.29, 0.717) is 12.1 Å². The number of aliphatic imine (C=N–C) groups is 1. The molecule has 1 aromatic carbocycles. The summed E-state index contributed by atoms with van der Waals surface area (Å²) < 4.78 is 18.4. The Bertz CT molecular complexity index is 489. The van der Waals surface area contributed by atoms with Crippen molar-refractivity contribution in [1.82, 2.24) is 0 Å². The first-order chi connectivity index (χ1) is 8.22. The highest BCUT2D eigenvalue weighted by Crippen LogP contribution is 2.23. The SMILES string of the molecule is COc1cc(CN=C/C=C\N)cc(F)c1C#N. The van der Waals surface area contributed by atoms with E-state index < -0.39 is 5.82 Å². The van der Waals surface area contributed by atoms with Crippen LogP contribution in [0.2, 0.25) is 0 Å². The van der Waals surface area contributed by atoms with Crippen molar-refractivity contribution in [2.75, 3.05) is 7.11 Å². The quantitative estimate of drug-likeness (QED) is 0.805. The van der Waals surface area contributed by atoms with Crippen LogP contribution < -0.4 is 10.5 Å². The molecule has 5 heteroatoms. The van der Waals surface area contributed by atoms with Crippen LogP contribution >= 0.6 is 0 Å². The summed E-state index contributed by atoms with van der Waals surface area (Å²) in [5.41, 5.74) is 5.66. The van der Waals surface area contributed by atoms with E-state index in [1.165, 1.54) is 25.6 Å². The molecule has 0 radical (unpaired) electrons. The van der Waals surface area contributed by atoms with Crippen LogP contribution in [-0.4, -0.2) is 13.3 Å². The van der Waals surface area contributed by atoms with E-state index in [2.05, 4.69) is 4.99 Å². The number of hydrogen-bond donors (Lipinski definition) is 1. The third-order valence-electron chi connectivity index (χ3n) is 2.02. The molecule has 2 N–H and O–H groups in total. The van der Waals surface area contributed by atoms with Crippen LogP contribution in [0.4, 0.5) is 4.39 Å². The van der Waals surface area contributed by atoms with Crippen molar-refractivity contribution in [2.24, 2.45) is 10.7 Å². The fraction of sp³-hybridized carbons (Fsp3) is 0.167. The van der Waals surface area contributed by atoms with E-state index in [1.54, 1.807) is 18.2 Å². The first-order valence-corrected chi connectivity index (χ1v) is 4.86. The van der Waals surface area contributed by atoms with Crippen molar-refractivity contribution in [3.05, 3.63) is 41.4 Å². The minimum atomic E-state index is -0.605. The molecule has 0 aliphatic heterocycles. The van der Waals surface area contributed by atoms with Gasteiger partial charge in [0.1, 0.15) is 23.2 Å². The molecule has 0 amide bonds. The molecule has 0 aliphatic carbocycles. The van der Waals surface area contributed by atoms with Gasteiger partial charge in [0.05, 0.1) is 13.7 Å². The molecule has 0 atom stereocenters. The molecule has 0 saturated carbocycles. The van der Waals surface area contributed by atoms with Gasteiger partial charge in [0, 0.05) is 6.21 Å². The summed E-state index contributed by atoms with van der Waals surface area (Å²) >= 11 is 0. The molecule has 0 spiro atoms. The maximum Gasteiger partial charge on any atom is 0.145 e. The Hall–Kier alpha value is -2.35. The zero-order valence-corrected chi connectivity index (χ0v) is 9.35. The van der Waals surface area contributed by atoms with Gasteiger partial charge in [-0.05, 0) is 30.0 Å². The number of methoxy groups -OCH3 is 1. The number of nitrogens with zero attached hydrogens (tertiary/aromatic N) is 2. The molecule has 1 aromatic rings. The Morgan fingerprint density at radius 2 is 2.35 bits per heavy atom. The number of halogens is 1. The molecule has 0 heterocycles. The predicted molar refractivity (Wildman–Crippen MR) is 63.2 cm³/mol. The lowest BCUT2D eigenvalue weighted by Gasteiger charge is -2.05. The highest BCUT2D eigenvalue weighted by Gasteiger charge is 2.10. The molecule has 0 saturated heterocycles. The molecule has 88 valence electrons. The van der Waals surface area contributed by atoms with Crippen molar-refractivity contribution in [3.8, 4) is 11.8 Å². The van der Waals surface area contributed by atoms with E-state index in [1.807, 2.05) is 0 Å². The van der Waals surface area contributed by atoms with E-state index in [4.69, 9.17) is 15.7 Å². The molecule has 0 fully saturated rings. The van der Waals surface area contributed by atoms with Gasteiger partial charge in [0.25, 0.3) is 0 Å². The smallest absolute Gasteiger partial charge is 0.145 e. The lowest BCUT2D eigenvalue weighted by Crippen LogP contribution is -1.95. The number of allylic oxidation sites excluding steroid dienone is 1. The zero-order chi connectivity index (χ0) is 12.7. The van der Waals surface area contributed by atoms with Gasteiger partial charge in [-0.25, -0.2) is 4.39 Å². The molecule has 4 nitrogen and oxygen atoms in total. The summed E-state index contributed by atoms with van der Waals surface area (Å²) in [5.74, 6) is -0.390. The van der Waals surface area contributed by atoms with Crippen molar-refractivity contribution in [1.29, 1.82) is 5.26 Å². The molecular formula is C12H12FN3O. The minimum absolute atomic E-state index is 0.0953. The summed E-state index contributed by atoms with van der Waals surface area (Å²) in [4.78, 5) is 4.01. The summed E-state index contributed by atoms with van der Waals surface area (Å²) in [6.45, 7) is 0.295. The van der Waals surface area contributed by atoms with E-state index in [-0.39, 0.29) is 11.3 Å². The van der Waals surface area contributed by atoms with Crippen LogP contribution in [-0.2, 0) is 6.54 Å². The summed E-state index contributed by atoms with van der Waals surface area (Å²) in [5, 5.41) is 8.74. The highest BCUT2D eigenvalue weighted by atomic mass is 19.1. The molecule has 1 rings (SSSR count). The van der Waals surface area contributed by atoms with Gasteiger partial charge in [-0.2, -0.15) is 5.26 Å². The van der Waals surface area contributed by atoms with Crippen LogP contribution in [0.1, 0.15) is 11.1 Å². The molecule has 0 unspecified atom stereocenters. The number of nitrogens with two attached hydrogens (primary N) is 1. The van der Waals surface area contributed by atoms with Gasteiger partial charge < -0.3 is 10.5 Å². The number of hydrogen-bond acceptors (Lipinski definition) is 4. The Morgan fingerprint density at radius 3 is 2.94 bits per heavy atom. The third kappa shape index (κ3) is 3.31. The largest absolute Gasteiger partial charge is 0.495 e. The highest BCUT2D eigenvalue weighted by molar-refractivity contribution is 5.70. The zero-order valence-electron chi connectivity index (χ0n) is 9.35. The summed E-state index contributed by atoms with van der Waals surface area (Å²) in [7, 11) is 1.39. The fourth-order valence-electron chi connectivity index (χ4n) is 1.26. The fourth-order valence-corrected chi connectivity index (χ4v) is 1.26. The van der Waals surface area contributed by atoms with Crippen molar-refractivity contribution >= 4 is 6.21 Å². The lowest BCUT2D eigenvalue weighted by molar-refractivity contribution is 0.409. The van der Waals surface area contributed by atoms with E-state index >= 15 is 0 Å². The first-order valence-electron chi connectivity index (χ1n) is 4.86. The third-order valence-corrected chi connectivity index (χ3v) is 2.02. The van der Waals surface area contributed by atoms with Crippen molar-refractivity contribution < 1.29 is 9.13 Å². The topological polar surface area (TPSA) is 71.4 Å². The van der Waals surface area contributed by atoms with Crippen LogP contribution in [0.3, 0.4) is 0 Å². The Morgan fingerprint density at radius 1 is 1.59 bits per heavy atom. The molecule has 17 heavy (non-hydrogen) atoms. The van der Waals surface area contributed by atoms with Crippen molar-refractivity contribution in [3.63, 3.8) is 0 Å². The second kappa shape index (κ2) is 6.28. The normalized spacial score (nSPS) is 10.9. The minimum Gasteiger partial charge on any atom is -0.495 e. The second-order valence-corrected chi connectivity index (χ2v) is 3.14. The van der Waals surface area contributed by atoms with Crippen LogP contribution in [0.15, 0.2) is 29.4 Å². The predicted octanol–water partition coefficient (Wildman–Crippen LogP) is 1.75. The van der Waals surface area contributed by atoms with Gasteiger partial charge in [0.2, 0.25) is 0 Å². The van der Waals surface area contributed by atoms with E-state index in [0.717, 1.165) is 0 Å². The Balaban J connectivity index is 2.96. The first kappa shape index (κ1) is 12.7. The average Bonchev–Trinajstić information content (AvgIpc) is 2.34. The van der Waals surface area contributed by atoms with E-state index in [9.17, 15) is 4.39 Å². The average molecular weight is 233 g/mol. The number of ether oxygens (including phenoxy) is 1. The Kier molecular flexibility index (Phi) is 4.70. The van der Waals surface area contributed by atoms with Crippen LogP contribution in [0.5, 0.6) is 5.75 Å². The van der Waals surface area contributed by atoms with Gasteiger partial charge >= 0.3 is 0 Å². The Labute approximate surface area is 98.8 Å². The summed E-state index contributed by atoms with van der Waals surface area (Å²) in [6.07, 6.45) is 4.43. The summed E-state index contributed by atoms with van der Waals surface area (Å²) in [6, 6.07) is 4.61.